The summed E-state index contributed by atoms with van der Waals surface area (Å²) in [5.41, 5.74) is 0. The fraction of sp³-hybridized carbons (Fsp3) is 0.778. The van der Waals surface area contributed by atoms with Crippen LogP contribution in [0.1, 0.15) is 12.8 Å². The van der Waals surface area contributed by atoms with Crippen molar-refractivity contribution in [3.05, 3.63) is 0 Å². The van der Waals surface area contributed by atoms with Crippen LogP contribution < -0.4 is 0 Å². The van der Waals surface area contributed by atoms with Gasteiger partial charge in [0.2, 0.25) is 0 Å². The molecule has 1 fully saturated rings. The van der Waals surface area contributed by atoms with Crippen LogP contribution in [0.15, 0.2) is 5.10 Å². The van der Waals surface area contributed by atoms with Crippen LogP contribution in [0.2, 0.25) is 0 Å². The molecule has 0 bridgehead atoms. The number of carboxylic acid groups (broad SMARTS) is 1. The minimum Gasteiger partial charge on any atom is -0.465 e. The summed E-state index contributed by atoms with van der Waals surface area (Å²) in [6.07, 6.45) is -4.68. The molecule has 18 heavy (non-hydrogen) atoms. The summed E-state index contributed by atoms with van der Waals surface area (Å²) in [5, 5.41) is 13.4. The maximum absolute atomic E-state index is 12.3. The third kappa shape index (κ3) is 2.59. The van der Waals surface area contributed by atoms with Crippen molar-refractivity contribution < 1.29 is 27.8 Å². The highest BCUT2D eigenvalue weighted by molar-refractivity contribution is 5.82. The smallest absolute Gasteiger partial charge is 0.465 e. The number of likely N-dealkylation sites (tertiary alicyclic amines) is 1. The van der Waals surface area contributed by atoms with Crippen LogP contribution >= 0.6 is 0 Å². The van der Waals surface area contributed by atoms with E-state index in [4.69, 9.17) is 5.11 Å². The van der Waals surface area contributed by atoms with Crippen LogP contribution in [0.4, 0.5) is 18.0 Å². The average molecular weight is 267 g/mol. The van der Waals surface area contributed by atoms with Gasteiger partial charge in [-0.1, -0.05) is 0 Å². The normalized spacial score (nSPS) is 21.8. The van der Waals surface area contributed by atoms with E-state index in [1.165, 1.54) is 9.91 Å². The second-order valence-corrected chi connectivity index (χ2v) is 4.12. The molecule has 6 nitrogen and oxygen atoms in total. The molecule has 0 saturated carbocycles. The van der Waals surface area contributed by atoms with E-state index in [1.54, 1.807) is 0 Å². The van der Waals surface area contributed by atoms with Gasteiger partial charge in [-0.3, -0.25) is 5.01 Å². The van der Waals surface area contributed by atoms with Gasteiger partial charge in [0, 0.05) is 13.1 Å². The SMILES string of the molecule is O=C(O)N1CCC(N2COC(C(F)(F)F)=N2)CC1. The zero-order valence-corrected chi connectivity index (χ0v) is 9.35. The Morgan fingerprint density at radius 3 is 2.44 bits per heavy atom. The van der Waals surface area contributed by atoms with Crippen LogP contribution in [0.5, 0.6) is 0 Å². The van der Waals surface area contributed by atoms with Gasteiger partial charge in [0.15, 0.2) is 6.73 Å². The molecule has 1 amide bonds. The third-order valence-corrected chi connectivity index (χ3v) is 2.95. The molecule has 1 N–H and O–H groups in total. The first kappa shape index (κ1) is 12.8. The molecule has 9 heteroatoms. The van der Waals surface area contributed by atoms with Crippen molar-refractivity contribution in [1.29, 1.82) is 0 Å². The number of piperidine rings is 1. The summed E-state index contributed by atoms with van der Waals surface area (Å²) in [5.74, 6) is -1.23. The van der Waals surface area contributed by atoms with Gasteiger partial charge >= 0.3 is 18.2 Å². The van der Waals surface area contributed by atoms with Crippen LogP contribution in [0.25, 0.3) is 0 Å². The molecule has 0 atom stereocenters. The number of amides is 1. The van der Waals surface area contributed by atoms with E-state index >= 15 is 0 Å². The lowest BCUT2D eigenvalue weighted by Crippen LogP contribution is -2.44. The highest BCUT2D eigenvalue weighted by Crippen LogP contribution is 2.25. The van der Waals surface area contributed by atoms with Crippen molar-refractivity contribution in [3.8, 4) is 0 Å². The molecule has 2 aliphatic rings. The number of hydrazone groups is 1. The molecule has 1 saturated heterocycles. The predicted molar refractivity (Wildman–Crippen MR) is 53.9 cm³/mol. The van der Waals surface area contributed by atoms with Gasteiger partial charge in [0.1, 0.15) is 0 Å². The number of carbonyl (C=O) groups is 1. The standard InChI is InChI=1S/C9H12F3N3O3/c10-9(11,12)7-13-15(5-18-7)6-1-3-14(4-2-6)8(16)17/h6H,1-5H2,(H,16,17). The fourth-order valence-corrected chi connectivity index (χ4v) is 1.98. The zero-order valence-electron chi connectivity index (χ0n) is 9.35. The second kappa shape index (κ2) is 4.54. The van der Waals surface area contributed by atoms with E-state index in [-0.39, 0.29) is 12.8 Å². The molecule has 0 aromatic heterocycles. The van der Waals surface area contributed by atoms with E-state index in [2.05, 4.69) is 9.84 Å². The van der Waals surface area contributed by atoms with Gasteiger partial charge in [-0.05, 0) is 12.8 Å². The molecule has 0 aromatic carbocycles. The maximum Gasteiger partial charge on any atom is 0.470 e. The Balaban J connectivity index is 1.92. The average Bonchev–Trinajstić information content (AvgIpc) is 2.78. The molecule has 0 aromatic rings. The van der Waals surface area contributed by atoms with Crippen molar-refractivity contribution in [2.24, 2.45) is 5.10 Å². The molecule has 2 heterocycles. The van der Waals surface area contributed by atoms with E-state index in [0.29, 0.717) is 25.9 Å². The molecule has 0 radical (unpaired) electrons. The third-order valence-electron chi connectivity index (χ3n) is 2.95. The number of hydrogen-bond acceptors (Lipinski definition) is 4. The topological polar surface area (TPSA) is 65.4 Å². The number of halogens is 3. The maximum atomic E-state index is 12.3. The minimum absolute atomic E-state index is 0.208. The van der Waals surface area contributed by atoms with Crippen molar-refractivity contribution in [1.82, 2.24) is 9.91 Å². The highest BCUT2D eigenvalue weighted by atomic mass is 19.4. The van der Waals surface area contributed by atoms with Gasteiger partial charge in [0.25, 0.3) is 0 Å². The largest absolute Gasteiger partial charge is 0.470 e. The first-order valence-corrected chi connectivity index (χ1v) is 5.41. The molecular weight excluding hydrogens is 255 g/mol. The number of ether oxygens (including phenoxy) is 1. The highest BCUT2D eigenvalue weighted by Gasteiger charge is 2.43. The first-order valence-electron chi connectivity index (χ1n) is 5.41. The fourth-order valence-electron chi connectivity index (χ4n) is 1.98. The van der Waals surface area contributed by atoms with Crippen LogP contribution in [0, 0.1) is 0 Å². The van der Waals surface area contributed by atoms with E-state index < -0.39 is 18.2 Å². The predicted octanol–water partition coefficient (Wildman–Crippen LogP) is 1.29. The van der Waals surface area contributed by atoms with E-state index in [0.717, 1.165) is 0 Å². The summed E-state index contributed by atoms with van der Waals surface area (Å²) < 4.78 is 41.4. The number of rotatable bonds is 1. The van der Waals surface area contributed by atoms with Gasteiger partial charge < -0.3 is 14.7 Å². The van der Waals surface area contributed by atoms with Crippen LogP contribution in [0.3, 0.4) is 0 Å². The van der Waals surface area contributed by atoms with Gasteiger partial charge in [-0.2, -0.15) is 13.2 Å². The lowest BCUT2D eigenvalue weighted by atomic mass is 10.1. The lowest BCUT2D eigenvalue weighted by molar-refractivity contribution is -0.0762. The molecular formula is C9H12F3N3O3. The Morgan fingerprint density at radius 2 is 2.00 bits per heavy atom. The van der Waals surface area contributed by atoms with Crippen LogP contribution in [-0.2, 0) is 4.74 Å². The number of hydrogen-bond donors (Lipinski definition) is 1. The van der Waals surface area contributed by atoms with Crippen molar-refractivity contribution >= 4 is 12.0 Å². The van der Waals surface area contributed by atoms with E-state index in [1.807, 2.05) is 0 Å². The summed E-state index contributed by atoms with van der Waals surface area (Å²) in [6.45, 7) is 0.368. The molecule has 0 aliphatic carbocycles. The van der Waals surface area contributed by atoms with Crippen molar-refractivity contribution in [2.45, 2.75) is 25.1 Å². The molecule has 0 spiro atoms. The zero-order chi connectivity index (χ0) is 13.3. The second-order valence-electron chi connectivity index (χ2n) is 4.12. The quantitative estimate of drug-likeness (QED) is 0.777. The summed E-state index contributed by atoms with van der Waals surface area (Å²) in [4.78, 5) is 11.9. The Morgan fingerprint density at radius 1 is 1.39 bits per heavy atom. The molecule has 102 valence electrons. The molecule has 0 unspecified atom stereocenters. The van der Waals surface area contributed by atoms with Gasteiger partial charge in [-0.15, -0.1) is 5.10 Å². The molecule has 2 rings (SSSR count). The first-order chi connectivity index (χ1) is 8.38. The summed E-state index contributed by atoms with van der Waals surface area (Å²) in [7, 11) is 0. The van der Waals surface area contributed by atoms with Crippen LogP contribution in [-0.4, -0.2) is 59.0 Å². The number of nitrogens with zero attached hydrogens (tertiary/aromatic N) is 3. The van der Waals surface area contributed by atoms with Gasteiger partial charge in [0.05, 0.1) is 6.04 Å². The van der Waals surface area contributed by atoms with Crippen molar-refractivity contribution in [3.63, 3.8) is 0 Å². The summed E-state index contributed by atoms with van der Waals surface area (Å²) >= 11 is 0. The van der Waals surface area contributed by atoms with Gasteiger partial charge in [-0.25, -0.2) is 4.79 Å². The Labute approximate surface area is 101 Å². The van der Waals surface area contributed by atoms with Crippen molar-refractivity contribution in [2.75, 3.05) is 19.8 Å². The Hall–Kier alpha value is -1.67. The lowest BCUT2D eigenvalue weighted by Gasteiger charge is -2.33. The monoisotopic (exact) mass is 267 g/mol. The minimum atomic E-state index is -4.57. The molecule has 2 aliphatic heterocycles. The summed E-state index contributed by atoms with van der Waals surface area (Å²) in [6, 6.07) is -0.208. The Kier molecular flexibility index (Phi) is 3.22. The number of alkyl halides is 3. The van der Waals surface area contributed by atoms with E-state index in [9.17, 15) is 18.0 Å². The Bertz CT molecular complexity index is 364.